The summed E-state index contributed by atoms with van der Waals surface area (Å²) < 4.78 is 5.56. The fraction of sp³-hybridized carbons (Fsp3) is 0.941. The Hall–Kier alpha value is -0.810. The van der Waals surface area contributed by atoms with Crippen molar-refractivity contribution in [1.29, 1.82) is 0 Å². The van der Waals surface area contributed by atoms with Gasteiger partial charge in [-0.3, -0.25) is 0 Å². The number of nitrogens with one attached hydrogen (secondary N) is 1. The number of carbonyl (C=O) groups excluding carboxylic acids is 1. The number of aliphatic hydroxyl groups excluding tert-OH is 1. The Bertz CT molecular complexity index is 378. The molecule has 2 N–H and O–H groups in total. The smallest absolute Gasteiger partial charge is 0.410 e. The van der Waals surface area contributed by atoms with Crippen molar-refractivity contribution in [3.05, 3.63) is 0 Å². The zero-order chi connectivity index (χ0) is 16.5. The van der Waals surface area contributed by atoms with Crippen molar-refractivity contribution in [3.63, 3.8) is 0 Å². The quantitative estimate of drug-likeness (QED) is 0.838. The first kappa shape index (κ1) is 17.5. The third-order valence-corrected chi connectivity index (χ3v) is 4.55. The molecule has 2 aliphatic rings. The molecule has 2 bridgehead atoms. The first-order valence-corrected chi connectivity index (χ1v) is 8.61. The molecule has 0 aromatic heterocycles. The Kier molecular flexibility index (Phi) is 5.38. The third kappa shape index (κ3) is 4.59. The Morgan fingerprint density at radius 2 is 1.82 bits per heavy atom. The summed E-state index contributed by atoms with van der Waals surface area (Å²) in [6, 6.07) is 1.33. The minimum atomic E-state index is -0.433. The zero-order valence-electron chi connectivity index (χ0n) is 14.6. The first-order valence-electron chi connectivity index (χ1n) is 8.61. The molecule has 5 nitrogen and oxygen atoms in total. The molecule has 2 rings (SSSR count). The van der Waals surface area contributed by atoms with Crippen LogP contribution in [0.15, 0.2) is 0 Å². The number of piperidine rings is 1. The zero-order valence-corrected chi connectivity index (χ0v) is 14.6. The highest BCUT2D eigenvalue weighted by atomic mass is 16.6. The predicted octanol–water partition coefficient (Wildman–Crippen LogP) is 2.67. The summed E-state index contributed by atoms with van der Waals surface area (Å²) in [5, 5.41) is 13.1. The predicted molar refractivity (Wildman–Crippen MR) is 86.8 cm³/mol. The second-order valence-corrected chi connectivity index (χ2v) is 8.09. The van der Waals surface area contributed by atoms with E-state index < -0.39 is 5.60 Å². The lowest BCUT2D eigenvalue weighted by Crippen LogP contribution is -2.54. The minimum Gasteiger partial charge on any atom is -0.444 e. The van der Waals surface area contributed by atoms with Crippen molar-refractivity contribution in [2.24, 2.45) is 0 Å². The standard InChI is InChI=1S/C17H32N2O3/c1-11(8-12(2)20)18-13-9-14-6-7-15(10-13)19(14)16(21)22-17(3,4)5/h11-15,18,20H,6-10H2,1-5H3. The Morgan fingerprint density at radius 3 is 2.27 bits per heavy atom. The molecule has 2 saturated heterocycles. The monoisotopic (exact) mass is 312 g/mol. The number of rotatable bonds is 4. The maximum atomic E-state index is 12.4. The van der Waals surface area contributed by atoms with Crippen LogP contribution in [0.3, 0.4) is 0 Å². The van der Waals surface area contributed by atoms with Crippen LogP contribution in [-0.2, 0) is 4.74 Å². The highest BCUT2D eigenvalue weighted by Gasteiger charge is 2.44. The molecule has 0 spiro atoms. The molecule has 5 heteroatoms. The summed E-state index contributed by atoms with van der Waals surface area (Å²) in [4.78, 5) is 14.4. The SMILES string of the molecule is CC(O)CC(C)NC1CC2CCC(C1)N2C(=O)OC(C)(C)C. The molecule has 2 heterocycles. The molecular formula is C17H32N2O3. The lowest BCUT2D eigenvalue weighted by atomic mass is 9.96. The van der Waals surface area contributed by atoms with Gasteiger partial charge in [0.15, 0.2) is 0 Å². The molecule has 2 fully saturated rings. The Labute approximate surface area is 134 Å². The van der Waals surface area contributed by atoms with Gasteiger partial charge in [0.1, 0.15) is 5.60 Å². The number of ether oxygens (including phenoxy) is 1. The van der Waals surface area contributed by atoms with E-state index in [-0.39, 0.29) is 12.2 Å². The van der Waals surface area contributed by atoms with Gasteiger partial charge in [0, 0.05) is 24.2 Å². The number of carbonyl (C=O) groups is 1. The van der Waals surface area contributed by atoms with E-state index >= 15 is 0 Å². The average molecular weight is 312 g/mol. The van der Waals surface area contributed by atoms with Gasteiger partial charge in [-0.05, 0) is 66.7 Å². The van der Waals surface area contributed by atoms with E-state index in [2.05, 4.69) is 12.2 Å². The minimum absolute atomic E-state index is 0.157. The summed E-state index contributed by atoms with van der Waals surface area (Å²) in [6.45, 7) is 9.69. The van der Waals surface area contributed by atoms with Crippen molar-refractivity contribution in [2.45, 2.75) is 103 Å². The molecule has 22 heavy (non-hydrogen) atoms. The fourth-order valence-corrected chi connectivity index (χ4v) is 3.91. The summed E-state index contributed by atoms with van der Waals surface area (Å²) in [6.07, 6.45) is 4.46. The molecule has 4 unspecified atom stereocenters. The molecule has 128 valence electrons. The van der Waals surface area contributed by atoms with Crippen LogP contribution < -0.4 is 5.32 Å². The van der Waals surface area contributed by atoms with E-state index in [1.54, 1.807) is 0 Å². The van der Waals surface area contributed by atoms with Crippen LogP contribution in [0.1, 0.15) is 66.7 Å². The maximum absolute atomic E-state index is 12.4. The molecular weight excluding hydrogens is 280 g/mol. The van der Waals surface area contributed by atoms with Crippen LogP contribution in [-0.4, -0.2) is 52.0 Å². The second-order valence-electron chi connectivity index (χ2n) is 8.09. The van der Waals surface area contributed by atoms with Crippen LogP contribution in [0.2, 0.25) is 0 Å². The Morgan fingerprint density at radius 1 is 1.27 bits per heavy atom. The van der Waals surface area contributed by atoms with Gasteiger partial charge >= 0.3 is 6.09 Å². The van der Waals surface area contributed by atoms with Crippen LogP contribution in [0.4, 0.5) is 4.79 Å². The topological polar surface area (TPSA) is 61.8 Å². The number of nitrogens with zero attached hydrogens (tertiary/aromatic N) is 1. The summed E-state index contributed by atoms with van der Waals surface area (Å²) in [7, 11) is 0. The van der Waals surface area contributed by atoms with E-state index in [1.807, 2.05) is 32.6 Å². The Balaban J connectivity index is 1.90. The molecule has 0 aromatic carbocycles. The van der Waals surface area contributed by atoms with Crippen molar-refractivity contribution >= 4 is 6.09 Å². The number of fused-ring (bicyclic) bond motifs is 2. The van der Waals surface area contributed by atoms with E-state index in [0.29, 0.717) is 24.2 Å². The number of aliphatic hydroxyl groups is 1. The van der Waals surface area contributed by atoms with Crippen LogP contribution >= 0.6 is 0 Å². The van der Waals surface area contributed by atoms with Crippen molar-refractivity contribution in [3.8, 4) is 0 Å². The lowest BCUT2D eigenvalue weighted by molar-refractivity contribution is 0.00418. The van der Waals surface area contributed by atoms with E-state index in [0.717, 1.165) is 32.1 Å². The largest absolute Gasteiger partial charge is 0.444 e. The first-order chi connectivity index (χ1) is 10.2. The van der Waals surface area contributed by atoms with Crippen LogP contribution in [0, 0.1) is 0 Å². The van der Waals surface area contributed by atoms with Crippen LogP contribution in [0.25, 0.3) is 0 Å². The number of amides is 1. The molecule has 0 saturated carbocycles. The van der Waals surface area contributed by atoms with Gasteiger partial charge in [-0.15, -0.1) is 0 Å². The second kappa shape index (κ2) is 6.75. The van der Waals surface area contributed by atoms with Gasteiger partial charge in [-0.2, -0.15) is 0 Å². The van der Waals surface area contributed by atoms with Crippen molar-refractivity contribution in [1.82, 2.24) is 10.2 Å². The van der Waals surface area contributed by atoms with Crippen molar-refractivity contribution < 1.29 is 14.6 Å². The lowest BCUT2D eigenvalue weighted by Gasteiger charge is -2.40. The maximum Gasteiger partial charge on any atom is 0.410 e. The molecule has 4 atom stereocenters. The van der Waals surface area contributed by atoms with Gasteiger partial charge in [0.05, 0.1) is 6.10 Å². The normalized spacial score (nSPS) is 31.0. The van der Waals surface area contributed by atoms with Gasteiger partial charge in [-0.1, -0.05) is 0 Å². The molecule has 0 aromatic rings. The summed E-state index contributed by atoms with van der Waals surface area (Å²) >= 11 is 0. The van der Waals surface area contributed by atoms with E-state index in [9.17, 15) is 9.90 Å². The van der Waals surface area contributed by atoms with Gasteiger partial charge in [0.25, 0.3) is 0 Å². The third-order valence-electron chi connectivity index (χ3n) is 4.55. The molecule has 2 aliphatic heterocycles. The van der Waals surface area contributed by atoms with E-state index in [1.165, 1.54) is 0 Å². The van der Waals surface area contributed by atoms with Gasteiger partial charge in [0.2, 0.25) is 0 Å². The molecule has 0 aliphatic carbocycles. The highest BCUT2D eigenvalue weighted by molar-refractivity contribution is 5.69. The van der Waals surface area contributed by atoms with Crippen LogP contribution in [0.5, 0.6) is 0 Å². The van der Waals surface area contributed by atoms with E-state index in [4.69, 9.17) is 4.74 Å². The highest BCUT2D eigenvalue weighted by Crippen LogP contribution is 2.37. The number of hydrogen-bond acceptors (Lipinski definition) is 4. The number of hydrogen-bond donors (Lipinski definition) is 2. The molecule has 1 amide bonds. The summed E-state index contributed by atoms with van der Waals surface area (Å²) in [5.74, 6) is 0. The molecule has 0 radical (unpaired) electrons. The fourth-order valence-electron chi connectivity index (χ4n) is 3.91. The van der Waals surface area contributed by atoms with Gasteiger partial charge < -0.3 is 20.1 Å². The van der Waals surface area contributed by atoms with Gasteiger partial charge in [-0.25, -0.2) is 4.79 Å². The summed E-state index contributed by atoms with van der Waals surface area (Å²) in [5.41, 5.74) is -0.433. The van der Waals surface area contributed by atoms with Crippen molar-refractivity contribution in [2.75, 3.05) is 0 Å². The average Bonchev–Trinajstić information content (AvgIpc) is 2.58.